The van der Waals surface area contributed by atoms with Gasteiger partial charge in [0, 0.05) is 18.1 Å². The number of hydrogen-bond donors (Lipinski definition) is 0. The molecule has 1 aliphatic heterocycles. The number of rotatable bonds is 3. The van der Waals surface area contributed by atoms with Gasteiger partial charge in [0.1, 0.15) is 18.0 Å². The van der Waals surface area contributed by atoms with Gasteiger partial charge < -0.3 is 14.3 Å². The van der Waals surface area contributed by atoms with Crippen LogP contribution < -0.4 is 0 Å². The van der Waals surface area contributed by atoms with Crippen LogP contribution in [-0.4, -0.2) is 21.6 Å². The molecule has 0 saturated carbocycles. The number of aliphatic imine (C=N–C) groups is 1. The third-order valence-corrected chi connectivity index (χ3v) is 7.44. The van der Waals surface area contributed by atoms with Gasteiger partial charge in [-0.15, -0.1) is 48.0 Å². The fourth-order valence-corrected chi connectivity index (χ4v) is 5.76. The molecule has 0 amide bonds. The van der Waals surface area contributed by atoms with E-state index in [1.165, 1.54) is 16.5 Å². The van der Waals surface area contributed by atoms with Crippen LogP contribution in [0.3, 0.4) is 0 Å². The predicted octanol–water partition coefficient (Wildman–Crippen LogP) is 6.89. The molecule has 0 saturated heterocycles. The molecule has 0 N–H and O–H groups in total. The SMILES string of the molecule is [Pt+2].[c-]1c(C2=N[C@@H]3c4ccccc4C[C@@H]3O2)cccc1-n1c2[c-]c(-c3ccccn3)ccc2c2ccccc21. The Bertz CT molecular complexity index is 1860. The summed E-state index contributed by atoms with van der Waals surface area (Å²) in [7, 11) is 0. The van der Waals surface area contributed by atoms with Gasteiger partial charge in [-0.1, -0.05) is 65.5 Å². The Balaban J connectivity index is 0.00000242. The van der Waals surface area contributed by atoms with E-state index in [9.17, 15) is 0 Å². The summed E-state index contributed by atoms with van der Waals surface area (Å²) < 4.78 is 8.60. The van der Waals surface area contributed by atoms with Crippen LogP contribution in [0.25, 0.3) is 38.8 Å². The summed E-state index contributed by atoms with van der Waals surface area (Å²) in [5.41, 5.74) is 8.39. The fraction of sp³-hybridized carbons (Fsp3) is 0.0909. The van der Waals surface area contributed by atoms with Gasteiger partial charge in [0.05, 0.1) is 0 Å². The molecule has 2 atom stereocenters. The van der Waals surface area contributed by atoms with Crippen LogP contribution in [0.1, 0.15) is 22.7 Å². The Morgan fingerprint density at radius 3 is 2.55 bits per heavy atom. The van der Waals surface area contributed by atoms with Crippen molar-refractivity contribution in [3.8, 4) is 16.9 Å². The quantitative estimate of drug-likeness (QED) is 0.193. The van der Waals surface area contributed by atoms with Crippen molar-refractivity contribution in [2.24, 2.45) is 4.99 Å². The van der Waals surface area contributed by atoms with E-state index in [4.69, 9.17) is 9.73 Å². The maximum atomic E-state index is 6.37. The number of pyridine rings is 1. The van der Waals surface area contributed by atoms with Gasteiger partial charge in [0.2, 0.25) is 0 Å². The van der Waals surface area contributed by atoms with Crippen molar-refractivity contribution in [2.45, 2.75) is 18.6 Å². The van der Waals surface area contributed by atoms with E-state index < -0.39 is 0 Å². The molecular formula is C33H21N3OPt. The smallest absolute Gasteiger partial charge is 0.514 e. The summed E-state index contributed by atoms with van der Waals surface area (Å²) in [4.78, 5) is 9.54. The summed E-state index contributed by atoms with van der Waals surface area (Å²) in [6.07, 6.45) is 2.77. The molecule has 0 radical (unpaired) electrons. The topological polar surface area (TPSA) is 39.4 Å². The number of benzene rings is 4. The van der Waals surface area contributed by atoms with Crippen molar-refractivity contribution >= 4 is 27.7 Å². The van der Waals surface area contributed by atoms with Crippen LogP contribution >= 0.6 is 0 Å². The van der Waals surface area contributed by atoms with Crippen LogP contribution in [0.5, 0.6) is 0 Å². The molecule has 38 heavy (non-hydrogen) atoms. The van der Waals surface area contributed by atoms with E-state index in [1.54, 1.807) is 0 Å². The Kier molecular flexibility index (Phi) is 5.52. The number of hydrogen-bond acceptors (Lipinski definition) is 3. The molecule has 8 rings (SSSR count). The molecule has 1 aliphatic carbocycles. The molecule has 4 nitrogen and oxygen atoms in total. The van der Waals surface area contributed by atoms with Gasteiger partial charge in [-0.05, 0) is 45.5 Å². The van der Waals surface area contributed by atoms with Crippen molar-refractivity contribution in [3.05, 3.63) is 132 Å². The van der Waals surface area contributed by atoms with Crippen LogP contribution in [0.4, 0.5) is 0 Å². The molecule has 0 spiro atoms. The third-order valence-electron chi connectivity index (χ3n) is 7.44. The summed E-state index contributed by atoms with van der Waals surface area (Å²) in [5.74, 6) is 0.672. The normalized spacial score (nSPS) is 17.5. The predicted molar refractivity (Wildman–Crippen MR) is 146 cm³/mol. The molecule has 6 aromatic rings. The Hall–Kier alpha value is -4.01. The summed E-state index contributed by atoms with van der Waals surface area (Å²) in [6.45, 7) is 0. The standard InChI is InChI=1S/C33H21N3O.Pt/c1-2-11-25-21(8-1)20-31-32(25)35-33(37-31)23-9-7-10-24(18-23)36-29-14-4-3-12-26(29)27-16-15-22(19-30(27)36)28-13-5-6-17-34-28;/h1-17,31-32H,20H2;/q-2;+2/t31-,32+;/m0./s1. The van der Waals surface area contributed by atoms with Gasteiger partial charge in [0.15, 0.2) is 0 Å². The summed E-state index contributed by atoms with van der Waals surface area (Å²) in [5, 5.41) is 2.33. The minimum atomic E-state index is 0. The third kappa shape index (κ3) is 3.55. The Morgan fingerprint density at radius 2 is 1.63 bits per heavy atom. The second-order valence-corrected chi connectivity index (χ2v) is 9.59. The Labute approximate surface area is 234 Å². The van der Waals surface area contributed by atoms with Gasteiger partial charge >= 0.3 is 21.1 Å². The Morgan fingerprint density at radius 1 is 0.763 bits per heavy atom. The first-order valence-electron chi connectivity index (χ1n) is 12.6. The molecule has 3 heterocycles. The van der Waals surface area contributed by atoms with Crippen molar-refractivity contribution in [1.82, 2.24) is 9.55 Å². The van der Waals surface area contributed by atoms with Gasteiger partial charge in [0.25, 0.3) is 0 Å². The number of aromatic nitrogens is 2. The van der Waals surface area contributed by atoms with E-state index in [-0.39, 0.29) is 33.2 Å². The maximum Gasteiger partial charge on any atom is 2.00 e. The van der Waals surface area contributed by atoms with Crippen molar-refractivity contribution in [1.29, 1.82) is 0 Å². The minimum absolute atomic E-state index is 0. The van der Waals surface area contributed by atoms with Crippen LogP contribution in [0.15, 0.2) is 108 Å². The number of para-hydroxylation sites is 1. The first-order chi connectivity index (χ1) is 18.3. The molecular weight excluding hydrogens is 649 g/mol. The minimum Gasteiger partial charge on any atom is -0.514 e. The van der Waals surface area contributed by atoms with E-state index in [2.05, 4.69) is 94.5 Å². The average Bonchev–Trinajstić information content (AvgIpc) is 3.63. The summed E-state index contributed by atoms with van der Waals surface area (Å²) >= 11 is 0. The number of nitrogens with zero attached hydrogens (tertiary/aromatic N) is 3. The van der Waals surface area contributed by atoms with Crippen LogP contribution in [0, 0.1) is 12.1 Å². The van der Waals surface area contributed by atoms with Gasteiger partial charge in [-0.2, -0.15) is 0 Å². The number of fused-ring (bicyclic) bond motifs is 6. The molecule has 0 bridgehead atoms. The van der Waals surface area contributed by atoms with E-state index >= 15 is 0 Å². The second kappa shape index (κ2) is 9.08. The van der Waals surface area contributed by atoms with Crippen LogP contribution in [0.2, 0.25) is 0 Å². The van der Waals surface area contributed by atoms with E-state index in [0.29, 0.717) is 5.90 Å². The molecule has 5 heteroatoms. The number of ether oxygens (including phenoxy) is 1. The van der Waals surface area contributed by atoms with Gasteiger partial charge in [-0.25, -0.2) is 0 Å². The molecule has 2 aliphatic rings. The fourth-order valence-electron chi connectivity index (χ4n) is 5.76. The average molecular weight is 671 g/mol. The molecule has 4 aromatic carbocycles. The van der Waals surface area contributed by atoms with Crippen molar-refractivity contribution < 1.29 is 25.8 Å². The maximum absolute atomic E-state index is 6.37. The van der Waals surface area contributed by atoms with Crippen LogP contribution in [-0.2, 0) is 32.2 Å². The van der Waals surface area contributed by atoms with Crippen molar-refractivity contribution in [2.75, 3.05) is 0 Å². The first-order valence-corrected chi connectivity index (χ1v) is 12.6. The molecule has 0 fully saturated rings. The summed E-state index contributed by atoms with van der Waals surface area (Å²) in [6, 6.07) is 40.7. The van der Waals surface area contributed by atoms with E-state index in [0.717, 1.165) is 45.3 Å². The zero-order chi connectivity index (χ0) is 24.3. The zero-order valence-corrected chi connectivity index (χ0v) is 22.5. The van der Waals surface area contributed by atoms with E-state index in [1.807, 2.05) is 30.5 Å². The molecule has 184 valence electrons. The van der Waals surface area contributed by atoms with Gasteiger partial charge in [-0.3, -0.25) is 4.99 Å². The zero-order valence-electron chi connectivity index (χ0n) is 20.2. The van der Waals surface area contributed by atoms with Crippen molar-refractivity contribution in [3.63, 3.8) is 0 Å². The monoisotopic (exact) mass is 670 g/mol. The largest absolute Gasteiger partial charge is 2.00 e. The second-order valence-electron chi connectivity index (χ2n) is 9.59. The molecule has 2 aromatic heterocycles. The first kappa shape index (κ1) is 23.1. The molecule has 0 unspecified atom stereocenters.